The SMILES string of the molecule is C[N+](C)(/C=C\C(N)=NC=O)C1CCC(CCC(=O)c2ccccc2)O1. The molecule has 0 radical (unpaired) electrons. The van der Waals surface area contributed by atoms with Crippen molar-refractivity contribution in [2.45, 2.75) is 38.0 Å². The van der Waals surface area contributed by atoms with Crippen LogP contribution in [0.4, 0.5) is 0 Å². The van der Waals surface area contributed by atoms with Gasteiger partial charge in [-0.05, 0) is 12.8 Å². The molecule has 1 aromatic rings. The average Bonchev–Trinajstić information content (AvgIpc) is 3.09. The highest BCUT2D eigenvalue weighted by Gasteiger charge is 2.36. The van der Waals surface area contributed by atoms with Gasteiger partial charge in [-0.15, -0.1) is 0 Å². The van der Waals surface area contributed by atoms with E-state index >= 15 is 0 Å². The highest BCUT2D eigenvalue weighted by molar-refractivity contribution is 5.96. The van der Waals surface area contributed by atoms with Gasteiger partial charge >= 0.3 is 0 Å². The molecular formula is C19H26N3O3+. The molecule has 1 aromatic carbocycles. The first-order valence-corrected chi connectivity index (χ1v) is 8.45. The number of ketones is 1. The van der Waals surface area contributed by atoms with Gasteiger partial charge in [0.15, 0.2) is 12.0 Å². The van der Waals surface area contributed by atoms with Crippen molar-refractivity contribution in [3.8, 4) is 0 Å². The maximum absolute atomic E-state index is 12.2. The van der Waals surface area contributed by atoms with Crippen LogP contribution < -0.4 is 5.73 Å². The second-order valence-electron chi connectivity index (χ2n) is 6.72. The quantitative estimate of drug-likeness (QED) is 0.258. The Kier molecular flexibility index (Phi) is 6.61. The van der Waals surface area contributed by atoms with Crippen molar-refractivity contribution in [2.75, 3.05) is 14.1 Å². The van der Waals surface area contributed by atoms with Crippen LogP contribution in [0.5, 0.6) is 0 Å². The van der Waals surface area contributed by atoms with Crippen molar-refractivity contribution in [3.63, 3.8) is 0 Å². The first-order valence-electron chi connectivity index (χ1n) is 8.45. The summed E-state index contributed by atoms with van der Waals surface area (Å²) >= 11 is 0. The van der Waals surface area contributed by atoms with E-state index in [1.165, 1.54) is 0 Å². The van der Waals surface area contributed by atoms with E-state index in [1.54, 1.807) is 6.08 Å². The van der Waals surface area contributed by atoms with Gasteiger partial charge in [-0.2, -0.15) is 4.99 Å². The number of nitrogens with two attached hydrogens (primary N) is 1. The number of Topliss-reactive ketones (excluding diaryl/α,β-unsaturated/α-hetero) is 1. The number of ether oxygens (including phenoxy) is 1. The molecule has 0 spiro atoms. The number of amidine groups is 1. The van der Waals surface area contributed by atoms with Gasteiger partial charge in [0.05, 0.1) is 20.2 Å². The lowest BCUT2D eigenvalue weighted by atomic mass is 10.0. The second kappa shape index (κ2) is 8.69. The number of benzene rings is 1. The average molecular weight is 344 g/mol. The molecule has 25 heavy (non-hydrogen) atoms. The normalized spacial score (nSPS) is 21.6. The van der Waals surface area contributed by atoms with Gasteiger partial charge in [-0.1, -0.05) is 30.3 Å². The summed E-state index contributed by atoms with van der Waals surface area (Å²) in [4.78, 5) is 26.0. The van der Waals surface area contributed by atoms with E-state index in [2.05, 4.69) is 4.99 Å². The Bertz CT molecular complexity index is 653. The van der Waals surface area contributed by atoms with Crippen LogP contribution in [0.25, 0.3) is 0 Å². The molecule has 1 aliphatic heterocycles. The molecule has 1 heterocycles. The zero-order valence-corrected chi connectivity index (χ0v) is 14.8. The van der Waals surface area contributed by atoms with Crippen LogP contribution >= 0.6 is 0 Å². The Morgan fingerprint density at radius 1 is 1.32 bits per heavy atom. The third kappa shape index (κ3) is 5.62. The Morgan fingerprint density at radius 3 is 2.72 bits per heavy atom. The summed E-state index contributed by atoms with van der Waals surface area (Å²) in [5.41, 5.74) is 6.35. The number of hydrogen-bond acceptors (Lipinski definition) is 3. The Morgan fingerprint density at radius 2 is 2.04 bits per heavy atom. The zero-order valence-electron chi connectivity index (χ0n) is 14.8. The molecule has 134 valence electrons. The standard InChI is InChI=1S/C19H25N3O3/c1-22(2,13-12-18(20)21-14-23)19-11-9-16(25-19)8-10-17(24)15-6-4-3-5-7-15/h3-7,12-14,16,19H,8-11H2,1-2H3,(H-,20,21,23)/p+1/b13-12-. The van der Waals surface area contributed by atoms with Crippen LogP contribution in [0.15, 0.2) is 47.6 Å². The molecule has 2 unspecified atom stereocenters. The van der Waals surface area contributed by atoms with E-state index < -0.39 is 0 Å². The largest absolute Gasteiger partial charge is 0.383 e. The van der Waals surface area contributed by atoms with Gasteiger partial charge in [0.1, 0.15) is 12.0 Å². The van der Waals surface area contributed by atoms with Crippen LogP contribution in [-0.2, 0) is 9.53 Å². The Hall–Kier alpha value is -2.31. The predicted molar refractivity (Wildman–Crippen MR) is 96.8 cm³/mol. The maximum Gasteiger partial charge on any atom is 0.234 e. The lowest BCUT2D eigenvalue weighted by Crippen LogP contribution is -2.44. The second-order valence-corrected chi connectivity index (χ2v) is 6.72. The third-order valence-electron chi connectivity index (χ3n) is 4.45. The summed E-state index contributed by atoms with van der Waals surface area (Å²) in [6.45, 7) is 0. The lowest BCUT2D eigenvalue weighted by molar-refractivity contribution is -0.889. The molecule has 0 aliphatic carbocycles. The fourth-order valence-electron chi connectivity index (χ4n) is 2.92. The van der Waals surface area contributed by atoms with Gasteiger partial charge in [0, 0.05) is 24.5 Å². The maximum atomic E-state index is 12.2. The molecule has 0 saturated carbocycles. The number of rotatable bonds is 8. The van der Waals surface area contributed by atoms with Crippen LogP contribution in [0, 0.1) is 0 Å². The molecule has 6 nitrogen and oxygen atoms in total. The molecule has 1 amide bonds. The molecule has 2 N–H and O–H groups in total. The summed E-state index contributed by atoms with van der Waals surface area (Å²) in [5, 5.41) is 0. The van der Waals surface area contributed by atoms with Crippen LogP contribution in [0.3, 0.4) is 0 Å². The minimum Gasteiger partial charge on any atom is -0.383 e. The van der Waals surface area contributed by atoms with E-state index in [1.807, 2.05) is 50.6 Å². The van der Waals surface area contributed by atoms with Crippen LogP contribution in [0.2, 0.25) is 0 Å². The van der Waals surface area contributed by atoms with Crippen molar-refractivity contribution in [2.24, 2.45) is 10.7 Å². The fraction of sp³-hybridized carbons (Fsp3) is 0.421. The Balaban J connectivity index is 1.85. The van der Waals surface area contributed by atoms with Crippen LogP contribution in [-0.4, -0.2) is 48.9 Å². The zero-order chi connectivity index (χ0) is 18.3. The van der Waals surface area contributed by atoms with Crippen molar-refractivity contribution in [1.29, 1.82) is 0 Å². The number of carbonyl (C=O) groups is 2. The van der Waals surface area contributed by atoms with Gasteiger partial charge in [0.2, 0.25) is 6.41 Å². The number of quaternary nitrogens is 1. The first kappa shape index (κ1) is 19.0. The fourth-order valence-corrected chi connectivity index (χ4v) is 2.92. The minimum absolute atomic E-state index is 0.00268. The molecule has 2 atom stereocenters. The minimum atomic E-state index is -0.00268. The van der Waals surface area contributed by atoms with Gasteiger partial charge in [-0.3, -0.25) is 14.1 Å². The number of hydrogen-bond donors (Lipinski definition) is 1. The van der Waals surface area contributed by atoms with Gasteiger partial charge in [0.25, 0.3) is 0 Å². The molecule has 0 aromatic heterocycles. The van der Waals surface area contributed by atoms with E-state index in [0.717, 1.165) is 24.8 Å². The Labute approximate surface area is 148 Å². The monoisotopic (exact) mass is 344 g/mol. The number of carbonyl (C=O) groups excluding carboxylic acids is 2. The van der Waals surface area contributed by atoms with E-state index in [4.69, 9.17) is 10.5 Å². The van der Waals surface area contributed by atoms with Crippen molar-refractivity contribution in [1.82, 2.24) is 0 Å². The van der Waals surface area contributed by atoms with E-state index in [9.17, 15) is 9.59 Å². The molecule has 1 saturated heterocycles. The van der Waals surface area contributed by atoms with Crippen molar-refractivity contribution in [3.05, 3.63) is 48.2 Å². The number of amides is 1. The lowest BCUT2D eigenvalue weighted by Gasteiger charge is -2.31. The summed E-state index contributed by atoms with van der Waals surface area (Å²) in [6.07, 6.45) is 7.04. The van der Waals surface area contributed by atoms with E-state index in [-0.39, 0.29) is 24.0 Å². The summed E-state index contributed by atoms with van der Waals surface area (Å²) < 4.78 is 6.61. The van der Waals surface area contributed by atoms with Gasteiger partial charge < -0.3 is 10.5 Å². The number of aliphatic imine (C=N–C) groups is 1. The summed E-state index contributed by atoms with van der Waals surface area (Å²) in [5.74, 6) is 0.323. The highest BCUT2D eigenvalue weighted by atomic mass is 16.5. The molecule has 1 fully saturated rings. The number of nitrogens with zero attached hydrogens (tertiary/aromatic N) is 2. The molecule has 1 aliphatic rings. The topological polar surface area (TPSA) is 81.8 Å². The van der Waals surface area contributed by atoms with Crippen molar-refractivity contribution < 1.29 is 18.8 Å². The smallest absolute Gasteiger partial charge is 0.234 e. The highest BCUT2D eigenvalue weighted by Crippen LogP contribution is 2.29. The summed E-state index contributed by atoms with van der Waals surface area (Å²) in [7, 11) is 4.01. The van der Waals surface area contributed by atoms with Gasteiger partial charge in [-0.25, -0.2) is 0 Å². The van der Waals surface area contributed by atoms with E-state index in [0.29, 0.717) is 17.3 Å². The molecule has 6 heteroatoms. The first-order chi connectivity index (χ1) is 11.9. The molecule has 0 bridgehead atoms. The van der Waals surface area contributed by atoms with Crippen molar-refractivity contribution >= 4 is 18.0 Å². The van der Waals surface area contributed by atoms with Crippen LogP contribution in [0.1, 0.15) is 36.0 Å². The molecule has 2 rings (SSSR count). The summed E-state index contributed by atoms with van der Waals surface area (Å²) in [6, 6.07) is 9.34. The predicted octanol–water partition coefficient (Wildman–Crippen LogP) is 2.26. The molecular weight excluding hydrogens is 318 g/mol. The third-order valence-corrected chi connectivity index (χ3v) is 4.45.